The van der Waals surface area contributed by atoms with Crippen LogP contribution < -0.4 is 16.4 Å². The third kappa shape index (κ3) is 6.09. The molecule has 0 aromatic carbocycles. The molecule has 8 heteroatoms. The first-order valence-corrected chi connectivity index (χ1v) is 6.88. The average molecular weight is 303 g/mol. The van der Waals surface area contributed by atoms with Crippen molar-refractivity contribution in [3.05, 3.63) is 0 Å². The van der Waals surface area contributed by atoms with Crippen molar-refractivity contribution in [2.45, 2.75) is 58.3 Å². The van der Waals surface area contributed by atoms with E-state index in [2.05, 4.69) is 10.6 Å². The third-order valence-corrected chi connectivity index (χ3v) is 3.36. The van der Waals surface area contributed by atoms with E-state index in [1.54, 1.807) is 0 Å². The van der Waals surface area contributed by atoms with E-state index in [9.17, 15) is 19.5 Å². The number of rotatable bonds is 8. The molecule has 0 heterocycles. The second-order valence-electron chi connectivity index (χ2n) is 5.21. The van der Waals surface area contributed by atoms with Gasteiger partial charge in [0.25, 0.3) is 0 Å². The fourth-order valence-corrected chi connectivity index (χ4v) is 1.55. The topological polar surface area (TPSA) is 142 Å². The standard InChI is InChI=1S/C13H25N3O5/c1-5-6(2)9(14)12(19)15-7(3)11(18)16-10(8(4)17)13(20)21/h6-10,17H,5,14H2,1-4H3,(H,15,19)(H,16,18)(H,20,21)/t6-,7-,8+,9-,10-/m0/s1. The van der Waals surface area contributed by atoms with Crippen LogP contribution in [0.4, 0.5) is 0 Å². The molecule has 0 aliphatic heterocycles. The van der Waals surface area contributed by atoms with Gasteiger partial charge in [0.1, 0.15) is 6.04 Å². The van der Waals surface area contributed by atoms with E-state index in [-0.39, 0.29) is 5.92 Å². The minimum Gasteiger partial charge on any atom is -0.480 e. The first kappa shape index (κ1) is 19.3. The van der Waals surface area contributed by atoms with Gasteiger partial charge in [-0.25, -0.2) is 4.79 Å². The van der Waals surface area contributed by atoms with E-state index in [0.717, 1.165) is 6.42 Å². The molecule has 5 atom stereocenters. The summed E-state index contributed by atoms with van der Waals surface area (Å²) in [6.45, 7) is 6.38. The van der Waals surface area contributed by atoms with Gasteiger partial charge in [-0.1, -0.05) is 20.3 Å². The van der Waals surface area contributed by atoms with Crippen LogP contribution in [0.3, 0.4) is 0 Å². The van der Waals surface area contributed by atoms with Gasteiger partial charge in [-0.2, -0.15) is 0 Å². The number of carbonyl (C=O) groups excluding carboxylic acids is 2. The maximum absolute atomic E-state index is 11.8. The van der Waals surface area contributed by atoms with Crippen molar-refractivity contribution in [3.63, 3.8) is 0 Å². The molecule has 0 saturated carbocycles. The van der Waals surface area contributed by atoms with Gasteiger partial charge >= 0.3 is 5.97 Å². The Balaban J connectivity index is 4.58. The zero-order valence-electron chi connectivity index (χ0n) is 12.8. The molecular formula is C13H25N3O5. The molecule has 0 rings (SSSR count). The molecular weight excluding hydrogens is 278 g/mol. The Kier molecular flexibility index (Phi) is 7.90. The zero-order valence-corrected chi connectivity index (χ0v) is 12.8. The largest absolute Gasteiger partial charge is 0.480 e. The number of aliphatic hydroxyl groups excluding tert-OH is 1. The van der Waals surface area contributed by atoms with Crippen LogP contribution in [0.25, 0.3) is 0 Å². The summed E-state index contributed by atoms with van der Waals surface area (Å²) in [6.07, 6.45) is -0.533. The van der Waals surface area contributed by atoms with Crippen molar-refractivity contribution in [2.24, 2.45) is 11.7 Å². The number of aliphatic carboxylic acids is 1. The van der Waals surface area contributed by atoms with Gasteiger partial charge < -0.3 is 26.6 Å². The number of nitrogens with two attached hydrogens (primary N) is 1. The Morgan fingerprint density at radius 1 is 1.10 bits per heavy atom. The summed E-state index contributed by atoms with van der Waals surface area (Å²) in [5, 5.41) is 22.7. The molecule has 6 N–H and O–H groups in total. The molecule has 0 unspecified atom stereocenters. The van der Waals surface area contributed by atoms with Crippen LogP contribution in [0, 0.1) is 5.92 Å². The molecule has 0 bridgehead atoms. The van der Waals surface area contributed by atoms with E-state index < -0.39 is 42.0 Å². The summed E-state index contributed by atoms with van der Waals surface area (Å²) >= 11 is 0. The molecule has 0 saturated heterocycles. The summed E-state index contributed by atoms with van der Waals surface area (Å²) in [6, 6.07) is -3.12. The van der Waals surface area contributed by atoms with Crippen molar-refractivity contribution < 1.29 is 24.6 Å². The van der Waals surface area contributed by atoms with Crippen LogP contribution in [-0.2, 0) is 14.4 Å². The van der Waals surface area contributed by atoms with Crippen LogP contribution in [0.5, 0.6) is 0 Å². The predicted molar refractivity (Wildman–Crippen MR) is 76.3 cm³/mol. The number of carboxylic acids is 1. The molecule has 8 nitrogen and oxygen atoms in total. The van der Waals surface area contributed by atoms with Crippen molar-refractivity contribution in [3.8, 4) is 0 Å². The Labute approximate surface area is 124 Å². The predicted octanol–water partition coefficient (Wildman–Crippen LogP) is -1.19. The Bertz CT molecular complexity index is 386. The summed E-state index contributed by atoms with van der Waals surface area (Å²) in [4.78, 5) is 34.5. The molecule has 122 valence electrons. The number of aliphatic hydroxyl groups is 1. The lowest BCUT2D eigenvalue weighted by atomic mass is 9.99. The first-order valence-electron chi connectivity index (χ1n) is 6.88. The lowest BCUT2D eigenvalue weighted by molar-refractivity contribution is -0.145. The quantitative estimate of drug-likeness (QED) is 0.382. The van der Waals surface area contributed by atoms with Gasteiger partial charge in [-0.15, -0.1) is 0 Å². The van der Waals surface area contributed by atoms with Gasteiger partial charge in [0.05, 0.1) is 12.1 Å². The Morgan fingerprint density at radius 3 is 2.00 bits per heavy atom. The molecule has 2 amide bonds. The first-order chi connectivity index (χ1) is 9.61. The zero-order chi connectivity index (χ0) is 16.7. The summed E-state index contributed by atoms with van der Waals surface area (Å²) in [7, 11) is 0. The SMILES string of the molecule is CC[C@H](C)[C@H](N)C(=O)N[C@@H](C)C(=O)N[C@H](C(=O)O)[C@@H](C)O. The maximum Gasteiger partial charge on any atom is 0.328 e. The van der Waals surface area contributed by atoms with Crippen molar-refractivity contribution >= 4 is 17.8 Å². The molecule has 0 fully saturated rings. The second kappa shape index (κ2) is 8.58. The number of carbonyl (C=O) groups is 3. The highest BCUT2D eigenvalue weighted by molar-refractivity contribution is 5.91. The smallest absolute Gasteiger partial charge is 0.328 e. The molecule has 0 aliphatic rings. The van der Waals surface area contributed by atoms with Crippen molar-refractivity contribution in [1.29, 1.82) is 0 Å². The van der Waals surface area contributed by atoms with E-state index in [1.165, 1.54) is 13.8 Å². The summed E-state index contributed by atoms with van der Waals surface area (Å²) in [5.74, 6) is -2.57. The minimum absolute atomic E-state index is 0.0375. The number of hydrogen-bond donors (Lipinski definition) is 5. The van der Waals surface area contributed by atoms with Crippen LogP contribution >= 0.6 is 0 Å². The summed E-state index contributed by atoms with van der Waals surface area (Å²) in [5.41, 5.74) is 5.74. The normalized spacial score (nSPS) is 18.0. The molecule has 0 spiro atoms. The number of carboxylic acid groups (broad SMARTS) is 1. The van der Waals surface area contributed by atoms with Gasteiger partial charge in [0.2, 0.25) is 11.8 Å². The number of amides is 2. The number of hydrogen-bond acceptors (Lipinski definition) is 5. The minimum atomic E-state index is -1.43. The van der Waals surface area contributed by atoms with Crippen molar-refractivity contribution in [2.75, 3.05) is 0 Å². The highest BCUT2D eigenvalue weighted by atomic mass is 16.4. The monoisotopic (exact) mass is 303 g/mol. The highest BCUT2D eigenvalue weighted by Crippen LogP contribution is 2.05. The fraction of sp³-hybridized carbons (Fsp3) is 0.769. The van der Waals surface area contributed by atoms with Crippen LogP contribution in [0.2, 0.25) is 0 Å². The van der Waals surface area contributed by atoms with E-state index in [4.69, 9.17) is 10.8 Å². The lowest BCUT2D eigenvalue weighted by Crippen LogP contribution is -2.56. The molecule has 0 aromatic heterocycles. The fourth-order valence-electron chi connectivity index (χ4n) is 1.55. The van der Waals surface area contributed by atoms with Crippen LogP contribution in [0.15, 0.2) is 0 Å². The van der Waals surface area contributed by atoms with E-state index in [1.807, 2.05) is 13.8 Å². The van der Waals surface area contributed by atoms with Crippen LogP contribution in [0.1, 0.15) is 34.1 Å². The van der Waals surface area contributed by atoms with Gasteiger partial charge in [0, 0.05) is 0 Å². The van der Waals surface area contributed by atoms with Gasteiger partial charge in [0.15, 0.2) is 6.04 Å². The van der Waals surface area contributed by atoms with Gasteiger partial charge in [-0.05, 0) is 19.8 Å². The third-order valence-electron chi connectivity index (χ3n) is 3.36. The number of nitrogens with one attached hydrogen (secondary N) is 2. The van der Waals surface area contributed by atoms with Gasteiger partial charge in [-0.3, -0.25) is 9.59 Å². The average Bonchev–Trinajstić information content (AvgIpc) is 2.41. The Hall–Kier alpha value is -1.67. The maximum atomic E-state index is 11.8. The lowest BCUT2D eigenvalue weighted by Gasteiger charge is -2.23. The molecule has 0 radical (unpaired) electrons. The molecule has 21 heavy (non-hydrogen) atoms. The summed E-state index contributed by atoms with van der Waals surface area (Å²) < 4.78 is 0. The van der Waals surface area contributed by atoms with Crippen molar-refractivity contribution in [1.82, 2.24) is 10.6 Å². The Morgan fingerprint density at radius 2 is 1.62 bits per heavy atom. The molecule has 0 aliphatic carbocycles. The highest BCUT2D eigenvalue weighted by Gasteiger charge is 2.28. The second-order valence-corrected chi connectivity index (χ2v) is 5.21. The van der Waals surface area contributed by atoms with E-state index >= 15 is 0 Å². The van der Waals surface area contributed by atoms with Crippen LogP contribution in [-0.4, -0.2) is 52.2 Å². The van der Waals surface area contributed by atoms with E-state index in [0.29, 0.717) is 0 Å². The molecule has 0 aromatic rings.